The lowest BCUT2D eigenvalue weighted by Gasteiger charge is -2.08. The zero-order valence-electron chi connectivity index (χ0n) is 13.6. The van der Waals surface area contributed by atoms with E-state index >= 15 is 0 Å². The predicted molar refractivity (Wildman–Crippen MR) is 96.9 cm³/mol. The number of nitro groups is 1. The third-order valence-electron chi connectivity index (χ3n) is 3.62. The molecule has 3 aromatic rings. The van der Waals surface area contributed by atoms with Gasteiger partial charge in [-0.3, -0.25) is 19.9 Å². The van der Waals surface area contributed by atoms with Crippen molar-refractivity contribution in [3.8, 4) is 0 Å². The Kier molecular flexibility index (Phi) is 5.09. The minimum atomic E-state index is -0.653. The first-order valence-corrected chi connectivity index (χ1v) is 7.74. The number of carbonyl (C=O) groups is 1. The van der Waals surface area contributed by atoms with Crippen molar-refractivity contribution in [3.05, 3.63) is 106 Å². The lowest BCUT2D eigenvalue weighted by Crippen LogP contribution is -2.21. The van der Waals surface area contributed by atoms with Crippen LogP contribution in [0, 0.1) is 10.1 Å². The molecule has 26 heavy (non-hydrogen) atoms. The first-order valence-electron chi connectivity index (χ1n) is 7.74. The van der Waals surface area contributed by atoms with Crippen LogP contribution in [0.5, 0.6) is 0 Å². The Bertz CT molecular complexity index is 915. The number of carbonyl (C=O) groups excluding carboxylic acids is 1. The third-order valence-corrected chi connectivity index (χ3v) is 3.62. The molecule has 1 amide bonds. The van der Waals surface area contributed by atoms with Crippen LogP contribution in [-0.2, 0) is 0 Å². The molecule has 0 aliphatic rings. The van der Waals surface area contributed by atoms with Gasteiger partial charge in [-0.2, -0.15) is 5.10 Å². The predicted octanol–water partition coefficient (Wildman–Crippen LogP) is 3.17. The quantitative estimate of drug-likeness (QED) is 0.436. The summed E-state index contributed by atoms with van der Waals surface area (Å²) in [5, 5.41) is 15.3. The summed E-state index contributed by atoms with van der Waals surface area (Å²) in [5.41, 5.74) is 4.17. The average Bonchev–Trinajstić information content (AvgIpc) is 2.69. The van der Waals surface area contributed by atoms with E-state index in [-0.39, 0.29) is 11.3 Å². The summed E-state index contributed by atoms with van der Waals surface area (Å²) in [4.78, 5) is 26.9. The molecule has 0 saturated heterocycles. The number of pyridine rings is 1. The molecule has 0 bridgehead atoms. The summed E-state index contributed by atoms with van der Waals surface area (Å²) in [6, 6.07) is 18.6. The molecule has 0 unspecified atom stereocenters. The molecular formula is C19H14N4O3. The monoisotopic (exact) mass is 346 g/mol. The van der Waals surface area contributed by atoms with Gasteiger partial charge in [0.25, 0.3) is 11.6 Å². The van der Waals surface area contributed by atoms with E-state index in [1.165, 1.54) is 18.2 Å². The minimum Gasteiger partial charge on any atom is -0.267 e. The van der Waals surface area contributed by atoms with Crippen molar-refractivity contribution in [2.24, 2.45) is 5.10 Å². The van der Waals surface area contributed by atoms with Crippen molar-refractivity contribution in [3.63, 3.8) is 0 Å². The van der Waals surface area contributed by atoms with E-state index in [1.54, 1.807) is 30.6 Å². The number of hydrogen-bond donors (Lipinski definition) is 1. The molecule has 0 aliphatic carbocycles. The highest BCUT2D eigenvalue weighted by molar-refractivity contribution is 6.13. The van der Waals surface area contributed by atoms with Crippen LogP contribution in [0.1, 0.15) is 21.5 Å². The minimum absolute atomic E-state index is 0.0524. The number of hydrazone groups is 1. The zero-order valence-corrected chi connectivity index (χ0v) is 13.6. The van der Waals surface area contributed by atoms with Gasteiger partial charge in [-0.25, -0.2) is 5.43 Å². The second-order valence-electron chi connectivity index (χ2n) is 5.28. The van der Waals surface area contributed by atoms with Crippen molar-refractivity contribution in [1.82, 2.24) is 10.4 Å². The number of nitro benzene ring substituents is 1. The van der Waals surface area contributed by atoms with E-state index in [0.717, 1.165) is 11.1 Å². The Morgan fingerprint density at radius 1 is 0.923 bits per heavy atom. The lowest BCUT2D eigenvalue weighted by molar-refractivity contribution is -0.385. The number of nitrogens with one attached hydrogen (secondary N) is 1. The van der Waals surface area contributed by atoms with Crippen molar-refractivity contribution in [1.29, 1.82) is 0 Å². The molecule has 7 heteroatoms. The van der Waals surface area contributed by atoms with Gasteiger partial charge in [0.2, 0.25) is 0 Å². The standard InChI is InChI=1S/C19H14N4O3/c24-19(16-8-4-5-9-17(16)23(25)26)22-21-18(14-6-2-1-3-7-14)15-10-12-20-13-11-15/h1-13H,(H,22,24)/b21-18-. The SMILES string of the molecule is O=C(N/N=C(/c1ccccc1)c1ccncc1)c1ccccc1[N+](=O)[O-]. The number of nitrogens with zero attached hydrogens (tertiary/aromatic N) is 3. The number of hydrogen-bond acceptors (Lipinski definition) is 5. The first-order chi connectivity index (χ1) is 12.7. The number of aromatic nitrogens is 1. The maximum absolute atomic E-state index is 12.4. The van der Waals surface area contributed by atoms with Gasteiger partial charge in [-0.15, -0.1) is 0 Å². The van der Waals surface area contributed by atoms with Crippen molar-refractivity contribution in [2.75, 3.05) is 0 Å². The van der Waals surface area contributed by atoms with Crippen LogP contribution < -0.4 is 5.43 Å². The van der Waals surface area contributed by atoms with Gasteiger partial charge in [-0.1, -0.05) is 42.5 Å². The summed E-state index contributed by atoms with van der Waals surface area (Å²) in [5.74, 6) is -0.653. The molecule has 1 heterocycles. The smallest absolute Gasteiger partial charge is 0.267 e. The van der Waals surface area contributed by atoms with Gasteiger partial charge in [0.1, 0.15) is 5.56 Å². The fourth-order valence-electron chi connectivity index (χ4n) is 2.39. The van der Waals surface area contributed by atoms with Gasteiger partial charge in [0.15, 0.2) is 0 Å². The molecule has 3 rings (SSSR count). The molecule has 2 aromatic carbocycles. The molecule has 1 N–H and O–H groups in total. The molecule has 0 saturated carbocycles. The lowest BCUT2D eigenvalue weighted by atomic mass is 10.0. The van der Waals surface area contributed by atoms with E-state index in [1.807, 2.05) is 30.3 Å². The molecule has 7 nitrogen and oxygen atoms in total. The van der Waals surface area contributed by atoms with E-state index in [4.69, 9.17) is 0 Å². The molecule has 0 fully saturated rings. The van der Waals surface area contributed by atoms with Crippen LogP contribution in [0.25, 0.3) is 0 Å². The van der Waals surface area contributed by atoms with Crippen LogP contribution in [-0.4, -0.2) is 21.5 Å². The van der Waals surface area contributed by atoms with Crippen LogP contribution in [0.3, 0.4) is 0 Å². The van der Waals surface area contributed by atoms with E-state index in [0.29, 0.717) is 5.71 Å². The van der Waals surface area contributed by atoms with Crippen molar-refractivity contribution in [2.45, 2.75) is 0 Å². The highest BCUT2D eigenvalue weighted by atomic mass is 16.6. The van der Waals surface area contributed by atoms with Gasteiger partial charge >= 0.3 is 0 Å². The van der Waals surface area contributed by atoms with Gasteiger partial charge in [-0.05, 0) is 18.2 Å². The van der Waals surface area contributed by atoms with Crippen LogP contribution >= 0.6 is 0 Å². The summed E-state index contributed by atoms with van der Waals surface area (Å²) >= 11 is 0. The van der Waals surface area contributed by atoms with Crippen molar-refractivity contribution < 1.29 is 9.72 Å². The number of para-hydroxylation sites is 1. The number of rotatable bonds is 5. The molecule has 1 aromatic heterocycles. The molecule has 0 radical (unpaired) electrons. The normalized spacial score (nSPS) is 11.0. The van der Waals surface area contributed by atoms with E-state index < -0.39 is 10.8 Å². The molecule has 0 aliphatic heterocycles. The second kappa shape index (κ2) is 7.80. The van der Waals surface area contributed by atoms with Crippen LogP contribution in [0.2, 0.25) is 0 Å². The molecule has 128 valence electrons. The Morgan fingerprint density at radius 3 is 2.23 bits per heavy atom. The maximum atomic E-state index is 12.4. The van der Waals surface area contributed by atoms with Crippen LogP contribution in [0.15, 0.2) is 84.2 Å². The fourth-order valence-corrected chi connectivity index (χ4v) is 2.39. The average molecular weight is 346 g/mol. The fraction of sp³-hybridized carbons (Fsp3) is 0. The van der Waals surface area contributed by atoms with Gasteiger partial charge < -0.3 is 0 Å². The molecule has 0 spiro atoms. The summed E-state index contributed by atoms with van der Waals surface area (Å²) < 4.78 is 0. The highest BCUT2D eigenvalue weighted by Gasteiger charge is 2.19. The summed E-state index contributed by atoms with van der Waals surface area (Å²) in [7, 11) is 0. The number of amides is 1. The summed E-state index contributed by atoms with van der Waals surface area (Å²) in [6.45, 7) is 0. The Morgan fingerprint density at radius 2 is 1.54 bits per heavy atom. The van der Waals surface area contributed by atoms with Crippen molar-refractivity contribution >= 4 is 17.3 Å². The Balaban J connectivity index is 1.95. The Labute approximate surface area is 149 Å². The third kappa shape index (κ3) is 3.78. The maximum Gasteiger partial charge on any atom is 0.282 e. The topological polar surface area (TPSA) is 97.5 Å². The van der Waals surface area contributed by atoms with Gasteiger partial charge in [0, 0.05) is 29.6 Å². The largest absolute Gasteiger partial charge is 0.282 e. The van der Waals surface area contributed by atoms with E-state index in [2.05, 4.69) is 15.5 Å². The second-order valence-corrected chi connectivity index (χ2v) is 5.28. The zero-order chi connectivity index (χ0) is 18.4. The van der Waals surface area contributed by atoms with Gasteiger partial charge in [0.05, 0.1) is 10.6 Å². The Hall–Kier alpha value is -3.87. The molecule has 0 atom stereocenters. The molecular weight excluding hydrogens is 332 g/mol. The van der Waals surface area contributed by atoms with E-state index in [9.17, 15) is 14.9 Å². The first kappa shape index (κ1) is 17.0. The summed E-state index contributed by atoms with van der Waals surface area (Å²) in [6.07, 6.45) is 3.25. The highest BCUT2D eigenvalue weighted by Crippen LogP contribution is 2.17. The number of benzene rings is 2. The van der Waals surface area contributed by atoms with Crippen LogP contribution in [0.4, 0.5) is 5.69 Å².